The Bertz CT molecular complexity index is 269. The SMILES string of the molecule is CCCOCC(O)c1cc(Br)c(Br)s1. The normalized spacial score (nSPS) is 13.1. The molecule has 14 heavy (non-hydrogen) atoms. The molecule has 1 aromatic rings. The lowest BCUT2D eigenvalue weighted by atomic mass is 10.3. The molecular formula is C9H12Br2O2S. The van der Waals surface area contributed by atoms with E-state index in [1.165, 1.54) is 11.3 Å². The summed E-state index contributed by atoms with van der Waals surface area (Å²) in [6.45, 7) is 3.11. The van der Waals surface area contributed by atoms with Gasteiger partial charge < -0.3 is 9.84 Å². The van der Waals surface area contributed by atoms with E-state index in [4.69, 9.17) is 4.74 Å². The summed E-state index contributed by atoms with van der Waals surface area (Å²) in [4.78, 5) is 0.917. The summed E-state index contributed by atoms with van der Waals surface area (Å²) in [6.07, 6.45) is 0.457. The fourth-order valence-electron chi connectivity index (χ4n) is 0.949. The van der Waals surface area contributed by atoms with E-state index in [0.29, 0.717) is 13.2 Å². The van der Waals surface area contributed by atoms with E-state index in [9.17, 15) is 5.11 Å². The van der Waals surface area contributed by atoms with Crippen LogP contribution < -0.4 is 0 Å². The minimum atomic E-state index is -0.519. The van der Waals surface area contributed by atoms with Crippen molar-refractivity contribution >= 4 is 43.2 Å². The second-order valence-electron chi connectivity index (χ2n) is 2.86. The van der Waals surface area contributed by atoms with Gasteiger partial charge in [0.1, 0.15) is 6.10 Å². The molecule has 0 radical (unpaired) electrons. The van der Waals surface area contributed by atoms with Crippen LogP contribution in [0.25, 0.3) is 0 Å². The Morgan fingerprint density at radius 3 is 2.79 bits per heavy atom. The van der Waals surface area contributed by atoms with Crippen LogP contribution in [0.5, 0.6) is 0 Å². The number of thiophene rings is 1. The van der Waals surface area contributed by atoms with Gasteiger partial charge in [-0.1, -0.05) is 6.92 Å². The summed E-state index contributed by atoms with van der Waals surface area (Å²) >= 11 is 8.28. The maximum atomic E-state index is 9.73. The van der Waals surface area contributed by atoms with Gasteiger partial charge in [-0.3, -0.25) is 0 Å². The topological polar surface area (TPSA) is 29.5 Å². The van der Waals surface area contributed by atoms with E-state index in [0.717, 1.165) is 19.6 Å². The van der Waals surface area contributed by atoms with Crippen molar-refractivity contribution in [2.75, 3.05) is 13.2 Å². The number of aliphatic hydroxyl groups is 1. The summed E-state index contributed by atoms with van der Waals surface area (Å²) in [5.74, 6) is 0. The predicted molar refractivity (Wildman–Crippen MR) is 65.8 cm³/mol. The Morgan fingerprint density at radius 2 is 2.29 bits per heavy atom. The molecule has 0 aliphatic carbocycles. The molecule has 1 unspecified atom stereocenters. The van der Waals surface area contributed by atoms with Crippen LogP contribution in [0.1, 0.15) is 24.3 Å². The van der Waals surface area contributed by atoms with E-state index in [1.807, 2.05) is 13.0 Å². The monoisotopic (exact) mass is 342 g/mol. The molecule has 1 heterocycles. The zero-order valence-corrected chi connectivity index (χ0v) is 11.8. The highest BCUT2D eigenvalue weighted by atomic mass is 79.9. The molecular weight excluding hydrogens is 332 g/mol. The van der Waals surface area contributed by atoms with Gasteiger partial charge in [-0.25, -0.2) is 0 Å². The molecule has 0 bridgehead atoms. The lowest BCUT2D eigenvalue weighted by Gasteiger charge is -2.08. The van der Waals surface area contributed by atoms with Gasteiger partial charge in [0.2, 0.25) is 0 Å². The van der Waals surface area contributed by atoms with Gasteiger partial charge in [0.25, 0.3) is 0 Å². The van der Waals surface area contributed by atoms with Crippen LogP contribution in [-0.4, -0.2) is 18.3 Å². The van der Waals surface area contributed by atoms with Gasteiger partial charge in [-0.15, -0.1) is 11.3 Å². The standard InChI is InChI=1S/C9H12Br2O2S/c1-2-3-13-5-7(12)8-4-6(10)9(11)14-8/h4,7,12H,2-3,5H2,1H3. The molecule has 1 atom stereocenters. The van der Waals surface area contributed by atoms with Crippen LogP contribution >= 0.6 is 43.2 Å². The number of rotatable bonds is 5. The zero-order valence-electron chi connectivity index (χ0n) is 7.80. The van der Waals surface area contributed by atoms with Gasteiger partial charge in [-0.05, 0) is 44.3 Å². The molecule has 1 rings (SSSR count). The van der Waals surface area contributed by atoms with Crippen molar-refractivity contribution in [2.24, 2.45) is 0 Å². The minimum Gasteiger partial charge on any atom is -0.385 e. The van der Waals surface area contributed by atoms with Crippen molar-refractivity contribution in [3.8, 4) is 0 Å². The lowest BCUT2D eigenvalue weighted by molar-refractivity contribution is 0.0381. The van der Waals surface area contributed by atoms with Crippen LogP contribution in [0.3, 0.4) is 0 Å². The molecule has 0 saturated heterocycles. The Hall–Kier alpha value is 0.580. The van der Waals surface area contributed by atoms with E-state index >= 15 is 0 Å². The van der Waals surface area contributed by atoms with Crippen molar-refractivity contribution in [1.82, 2.24) is 0 Å². The van der Waals surface area contributed by atoms with Crippen LogP contribution in [0.15, 0.2) is 14.3 Å². The van der Waals surface area contributed by atoms with E-state index in [2.05, 4.69) is 31.9 Å². The first-order valence-corrected chi connectivity index (χ1v) is 6.76. The molecule has 5 heteroatoms. The summed E-state index contributed by atoms with van der Waals surface area (Å²) in [7, 11) is 0. The molecule has 0 spiro atoms. The number of aliphatic hydroxyl groups excluding tert-OH is 1. The first-order valence-electron chi connectivity index (χ1n) is 4.35. The number of halogens is 2. The minimum absolute atomic E-state index is 0.368. The second kappa shape index (κ2) is 6.23. The number of hydrogen-bond donors (Lipinski definition) is 1. The molecule has 0 aromatic carbocycles. The predicted octanol–water partition coefficient (Wildman–Crippen LogP) is 3.73. The number of hydrogen-bond acceptors (Lipinski definition) is 3. The van der Waals surface area contributed by atoms with E-state index < -0.39 is 6.10 Å². The Balaban J connectivity index is 2.47. The molecule has 0 aliphatic rings. The van der Waals surface area contributed by atoms with Crippen LogP contribution in [0.2, 0.25) is 0 Å². The smallest absolute Gasteiger partial charge is 0.111 e. The molecule has 1 aromatic heterocycles. The summed E-state index contributed by atoms with van der Waals surface area (Å²) in [5, 5.41) is 9.73. The molecule has 80 valence electrons. The van der Waals surface area contributed by atoms with Crippen molar-refractivity contribution in [3.63, 3.8) is 0 Å². The van der Waals surface area contributed by atoms with Gasteiger partial charge in [0.05, 0.1) is 10.4 Å². The molecule has 0 fully saturated rings. The van der Waals surface area contributed by atoms with Crippen molar-refractivity contribution < 1.29 is 9.84 Å². The largest absolute Gasteiger partial charge is 0.385 e. The first kappa shape index (κ1) is 12.6. The molecule has 1 N–H and O–H groups in total. The average Bonchev–Trinajstić information content (AvgIpc) is 2.47. The highest BCUT2D eigenvalue weighted by Crippen LogP contribution is 2.35. The zero-order chi connectivity index (χ0) is 10.6. The fourth-order valence-corrected chi connectivity index (χ4v) is 3.01. The third-order valence-electron chi connectivity index (χ3n) is 1.62. The van der Waals surface area contributed by atoms with E-state index in [-0.39, 0.29) is 0 Å². The van der Waals surface area contributed by atoms with Crippen molar-refractivity contribution in [2.45, 2.75) is 19.4 Å². The highest BCUT2D eigenvalue weighted by molar-refractivity contribution is 9.13. The first-order chi connectivity index (χ1) is 6.65. The molecule has 2 nitrogen and oxygen atoms in total. The third kappa shape index (κ3) is 3.62. The van der Waals surface area contributed by atoms with Crippen LogP contribution in [0.4, 0.5) is 0 Å². The summed E-state index contributed by atoms with van der Waals surface area (Å²) in [6, 6.07) is 1.91. The summed E-state index contributed by atoms with van der Waals surface area (Å²) < 4.78 is 7.25. The quantitative estimate of drug-likeness (QED) is 0.825. The molecule has 0 amide bonds. The average molecular weight is 344 g/mol. The Morgan fingerprint density at radius 1 is 1.57 bits per heavy atom. The molecule has 0 saturated carbocycles. The van der Waals surface area contributed by atoms with Gasteiger partial charge >= 0.3 is 0 Å². The highest BCUT2D eigenvalue weighted by Gasteiger charge is 2.12. The van der Waals surface area contributed by atoms with Gasteiger partial charge in [-0.2, -0.15) is 0 Å². The van der Waals surface area contributed by atoms with Gasteiger partial charge in [0.15, 0.2) is 0 Å². The van der Waals surface area contributed by atoms with Crippen LogP contribution in [-0.2, 0) is 4.74 Å². The number of ether oxygens (including phenoxy) is 1. The van der Waals surface area contributed by atoms with Crippen LogP contribution in [0, 0.1) is 0 Å². The Kier molecular flexibility index (Phi) is 5.62. The van der Waals surface area contributed by atoms with Crippen molar-refractivity contribution in [1.29, 1.82) is 0 Å². The maximum absolute atomic E-state index is 9.73. The van der Waals surface area contributed by atoms with Gasteiger partial charge in [0, 0.05) is 16.0 Å². The second-order valence-corrected chi connectivity index (χ2v) is 6.12. The maximum Gasteiger partial charge on any atom is 0.111 e. The molecule has 0 aliphatic heterocycles. The van der Waals surface area contributed by atoms with E-state index in [1.54, 1.807) is 0 Å². The lowest BCUT2D eigenvalue weighted by Crippen LogP contribution is -2.06. The third-order valence-corrected chi connectivity index (χ3v) is 4.97. The van der Waals surface area contributed by atoms with Crippen molar-refractivity contribution in [3.05, 3.63) is 19.2 Å². The fraction of sp³-hybridized carbons (Fsp3) is 0.556. The summed E-state index contributed by atoms with van der Waals surface area (Å²) in [5.41, 5.74) is 0. The Labute approximate surface area is 105 Å².